The van der Waals surface area contributed by atoms with Crippen molar-refractivity contribution in [1.82, 2.24) is 0 Å². The minimum Gasteiger partial charge on any atom is -0.381 e. The van der Waals surface area contributed by atoms with Crippen LogP contribution in [0.15, 0.2) is 53.4 Å². The summed E-state index contributed by atoms with van der Waals surface area (Å²) in [5.74, 6) is 0. The third-order valence-corrected chi connectivity index (χ3v) is 3.41. The lowest BCUT2D eigenvalue weighted by molar-refractivity contribution is -0.384. The van der Waals surface area contributed by atoms with Gasteiger partial charge in [-0.25, -0.2) is 0 Å². The molecular weight excluding hydrogens is 260 g/mol. The lowest BCUT2D eigenvalue weighted by atomic mass is 10.2. The van der Waals surface area contributed by atoms with Crippen molar-refractivity contribution in [3.05, 3.63) is 64.2 Å². The van der Waals surface area contributed by atoms with Crippen molar-refractivity contribution >= 4 is 23.1 Å². The molecule has 0 unspecified atom stereocenters. The molecule has 98 valence electrons. The summed E-state index contributed by atoms with van der Waals surface area (Å²) in [4.78, 5) is 11.5. The molecule has 0 radical (unpaired) electrons. The Labute approximate surface area is 116 Å². The fourth-order valence-electron chi connectivity index (χ4n) is 1.72. The van der Waals surface area contributed by atoms with E-state index < -0.39 is 0 Å². The van der Waals surface area contributed by atoms with E-state index in [2.05, 4.69) is 11.4 Å². The standard InChI is InChI=1S/C14H14N2O2S/c1-19-14-7-3-5-12(9-14)15-10-11-4-2-6-13(8-11)16(17)18/h2-9,15H,10H2,1H3. The van der Waals surface area contributed by atoms with Gasteiger partial charge in [0.15, 0.2) is 0 Å². The zero-order valence-electron chi connectivity index (χ0n) is 10.5. The summed E-state index contributed by atoms with van der Waals surface area (Å²) in [5.41, 5.74) is 2.03. The van der Waals surface area contributed by atoms with Crippen molar-refractivity contribution in [3.8, 4) is 0 Å². The van der Waals surface area contributed by atoms with E-state index in [-0.39, 0.29) is 10.6 Å². The van der Waals surface area contributed by atoms with Gasteiger partial charge in [0.05, 0.1) is 4.92 Å². The molecule has 0 aliphatic rings. The molecule has 5 heteroatoms. The molecule has 0 saturated carbocycles. The van der Waals surface area contributed by atoms with Crippen LogP contribution in [0.5, 0.6) is 0 Å². The number of hydrogen-bond acceptors (Lipinski definition) is 4. The number of nitro groups is 1. The maximum atomic E-state index is 10.7. The third kappa shape index (κ3) is 3.72. The summed E-state index contributed by atoms with van der Waals surface area (Å²) in [5, 5.41) is 14.0. The Hall–Kier alpha value is -2.01. The average molecular weight is 274 g/mol. The first-order chi connectivity index (χ1) is 9.19. The van der Waals surface area contributed by atoms with Gasteiger partial charge < -0.3 is 5.32 Å². The number of hydrogen-bond donors (Lipinski definition) is 1. The average Bonchev–Trinajstić information content (AvgIpc) is 2.45. The van der Waals surface area contributed by atoms with Crippen LogP contribution in [0.25, 0.3) is 0 Å². The molecule has 0 heterocycles. The summed E-state index contributed by atoms with van der Waals surface area (Å²) in [6.07, 6.45) is 2.03. The maximum absolute atomic E-state index is 10.7. The summed E-state index contributed by atoms with van der Waals surface area (Å²) < 4.78 is 0. The van der Waals surface area contributed by atoms with E-state index in [9.17, 15) is 10.1 Å². The van der Waals surface area contributed by atoms with Gasteiger partial charge in [0.1, 0.15) is 0 Å². The molecule has 0 amide bonds. The number of thioether (sulfide) groups is 1. The zero-order chi connectivity index (χ0) is 13.7. The second-order valence-corrected chi connectivity index (χ2v) is 4.89. The van der Waals surface area contributed by atoms with E-state index in [0.717, 1.165) is 11.3 Å². The van der Waals surface area contributed by atoms with Gasteiger partial charge in [0.2, 0.25) is 0 Å². The highest BCUT2D eigenvalue weighted by molar-refractivity contribution is 7.98. The predicted molar refractivity (Wildman–Crippen MR) is 78.6 cm³/mol. The van der Waals surface area contributed by atoms with E-state index in [1.54, 1.807) is 23.9 Å². The molecule has 4 nitrogen and oxygen atoms in total. The molecule has 2 aromatic carbocycles. The first-order valence-electron chi connectivity index (χ1n) is 5.80. The molecule has 0 aromatic heterocycles. The monoisotopic (exact) mass is 274 g/mol. The Kier molecular flexibility index (Phi) is 4.41. The quantitative estimate of drug-likeness (QED) is 0.510. The molecule has 0 spiro atoms. The molecule has 0 saturated heterocycles. The van der Waals surface area contributed by atoms with Crippen LogP contribution in [-0.4, -0.2) is 11.2 Å². The second kappa shape index (κ2) is 6.24. The van der Waals surface area contributed by atoms with Crippen molar-refractivity contribution in [1.29, 1.82) is 0 Å². The van der Waals surface area contributed by atoms with E-state index in [1.807, 2.05) is 30.5 Å². The Morgan fingerprint density at radius 1 is 1.21 bits per heavy atom. The van der Waals surface area contributed by atoms with Crippen molar-refractivity contribution in [2.75, 3.05) is 11.6 Å². The minimum absolute atomic E-state index is 0.122. The number of benzene rings is 2. The summed E-state index contributed by atoms with van der Waals surface area (Å²) in [6, 6.07) is 14.7. The van der Waals surface area contributed by atoms with Crippen LogP contribution in [0.2, 0.25) is 0 Å². The second-order valence-electron chi connectivity index (χ2n) is 4.01. The maximum Gasteiger partial charge on any atom is 0.269 e. The van der Waals surface area contributed by atoms with Gasteiger partial charge in [0, 0.05) is 29.3 Å². The van der Waals surface area contributed by atoms with Gasteiger partial charge in [-0.2, -0.15) is 0 Å². The normalized spacial score (nSPS) is 10.2. The van der Waals surface area contributed by atoms with E-state index >= 15 is 0 Å². The smallest absolute Gasteiger partial charge is 0.269 e. The SMILES string of the molecule is CSc1cccc(NCc2cccc([N+](=O)[O-])c2)c1. The number of nitrogens with one attached hydrogen (secondary N) is 1. The summed E-state index contributed by atoms with van der Waals surface area (Å²) >= 11 is 1.68. The third-order valence-electron chi connectivity index (χ3n) is 2.69. The fourth-order valence-corrected chi connectivity index (χ4v) is 2.18. The number of nitrogens with zero attached hydrogens (tertiary/aromatic N) is 1. The van der Waals surface area contributed by atoms with Crippen LogP contribution >= 0.6 is 11.8 Å². The van der Waals surface area contributed by atoms with Crippen LogP contribution < -0.4 is 5.32 Å². The van der Waals surface area contributed by atoms with Crippen LogP contribution in [-0.2, 0) is 6.54 Å². The molecule has 0 atom stereocenters. The van der Waals surface area contributed by atoms with Crippen LogP contribution in [0, 0.1) is 10.1 Å². The Balaban J connectivity index is 2.05. The van der Waals surface area contributed by atoms with E-state index in [0.29, 0.717) is 6.54 Å². The molecule has 2 rings (SSSR count). The highest BCUT2D eigenvalue weighted by atomic mass is 32.2. The Morgan fingerprint density at radius 2 is 2.00 bits per heavy atom. The van der Waals surface area contributed by atoms with Gasteiger partial charge in [0.25, 0.3) is 5.69 Å². The first-order valence-corrected chi connectivity index (χ1v) is 7.03. The number of non-ortho nitro benzene ring substituents is 1. The molecule has 0 bridgehead atoms. The summed E-state index contributed by atoms with van der Waals surface area (Å²) in [6.45, 7) is 0.569. The molecular formula is C14H14N2O2S. The van der Waals surface area contributed by atoms with Gasteiger partial charge >= 0.3 is 0 Å². The van der Waals surface area contributed by atoms with Crippen molar-refractivity contribution in [3.63, 3.8) is 0 Å². The number of rotatable bonds is 5. The van der Waals surface area contributed by atoms with E-state index in [1.165, 1.54) is 11.0 Å². The van der Waals surface area contributed by atoms with Crippen molar-refractivity contribution < 1.29 is 4.92 Å². The first kappa shape index (κ1) is 13.4. The largest absolute Gasteiger partial charge is 0.381 e. The Morgan fingerprint density at radius 3 is 2.74 bits per heavy atom. The van der Waals surface area contributed by atoms with Gasteiger partial charge in [-0.15, -0.1) is 11.8 Å². The van der Waals surface area contributed by atoms with Crippen LogP contribution in [0.1, 0.15) is 5.56 Å². The van der Waals surface area contributed by atoms with Crippen LogP contribution in [0.4, 0.5) is 11.4 Å². The topological polar surface area (TPSA) is 55.2 Å². The summed E-state index contributed by atoms with van der Waals surface area (Å²) in [7, 11) is 0. The van der Waals surface area contributed by atoms with Crippen molar-refractivity contribution in [2.45, 2.75) is 11.4 Å². The highest BCUT2D eigenvalue weighted by Crippen LogP contribution is 2.20. The van der Waals surface area contributed by atoms with Gasteiger partial charge in [-0.3, -0.25) is 10.1 Å². The lowest BCUT2D eigenvalue weighted by Gasteiger charge is -2.07. The van der Waals surface area contributed by atoms with Crippen LogP contribution in [0.3, 0.4) is 0 Å². The molecule has 0 aliphatic carbocycles. The minimum atomic E-state index is -0.377. The lowest BCUT2D eigenvalue weighted by Crippen LogP contribution is -2.00. The molecule has 0 aliphatic heterocycles. The molecule has 0 fully saturated rings. The Bertz CT molecular complexity index is 587. The van der Waals surface area contributed by atoms with Crippen molar-refractivity contribution in [2.24, 2.45) is 0 Å². The van der Waals surface area contributed by atoms with Gasteiger partial charge in [-0.1, -0.05) is 18.2 Å². The number of nitro benzene ring substituents is 1. The predicted octanol–water partition coefficient (Wildman–Crippen LogP) is 3.93. The molecule has 19 heavy (non-hydrogen) atoms. The zero-order valence-corrected chi connectivity index (χ0v) is 11.3. The highest BCUT2D eigenvalue weighted by Gasteiger charge is 2.05. The fraction of sp³-hybridized carbons (Fsp3) is 0.143. The number of anilines is 1. The van der Waals surface area contributed by atoms with E-state index in [4.69, 9.17) is 0 Å². The molecule has 1 N–H and O–H groups in total. The van der Waals surface area contributed by atoms with Gasteiger partial charge in [-0.05, 0) is 30.0 Å². The molecule has 2 aromatic rings.